The van der Waals surface area contributed by atoms with Gasteiger partial charge in [-0.3, -0.25) is 20.0 Å². The number of aliphatic hydroxyl groups is 8. The van der Waals surface area contributed by atoms with Gasteiger partial charge in [0, 0.05) is 12.2 Å². The molecule has 13 N–H and O–H groups in total. The van der Waals surface area contributed by atoms with Gasteiger partial charge < -0.3 is 61.4 Å². The largest absolute Gasteiger partial charge is 0.461 e. The van der Waals surface area contributed by atoms with E-state index >= 15 is 0 Å². The first kappa shape index (κ1) is 38.3. The lowest BCUT2D eigenvalue weighted by Crippen LogP contribution is -2.79. The first-order valence-corrected chi connectivity index (χ1v) is 15.9. The summed E-state index contributed by atoms with van der Waals surface area (Å²) in [5.74, 6) is -21.7. The van der Waals surface area contributed by atoms with Gasteiger partial charge in [-0.05, 0) is 42.2 Å². The van der Waals surface area contributed by atoms with Crippen LogP contribution in [-0.2, 0) is 40.2 Å². The molecule has 20 nitrogen and oxygen atoms in total. The number of hydrogen-bond donors (Lipinski definition) is 11. The van der Waals surface area contributed by atoms with E-state index in [9.17, 15) is 58.9 Å². The lowest BCUT2D eigenvalue weighted by atomic mass is 9.82. The maximum atomic E-state index is 13.7. The summed E-state index contributed by atoms with van der Waals surface area (Å²) in [6.45, 7) is 2.68. The molecule has 2 aromatic rings. The molecule has 49 heavy (non-hydrogen) atoms. The maximum Gasteiger partial charge on any atom is 0.410 e. The zero-order valence-corrected chi connectivity index (χ0v) is 26.8. The second-order valence-corrected chi connectivity index (χ2v) is 13.9. The molecule has 5 unspecified atom stereocenters. The maximum absolute atomic E-state index is 13.7. The third kappa shape index (κ3) is 6.45. The molecule has 21 heteroatoms. The highest BCUT2D eigenvalue weighted by Crippen LogP contribution is 2.60. The van der Waals surface area contributed by atoms with Gasteiger partial charge in [0.1, 0.15) is 6.10 Å². The fourth-order valence-electron chi connectivity index (χ4n) is 5.52. The van der Waals surface area contributed by atoms with E-state index in [1.807, 2.05) is 0 Å². The van der Waals surface area contributed by atoms with E-state index in [0.29, 0.717) is 5.56 Å². The molecule has 5 atom stereocenters. The van der Waals surface area contributed by atoms with Crippen LogP contribution in [0.25, 0.3) is 0 Å². The van der Waals surface area contributed by atoms with Crippen molar-refractivity contribution in [2.45, 2.75) is 72.3 Å². The van der Waals surface area contributed by atoms with E-state index in [4.69, 9.17) is 16.2 Å². The van der Waals surface area contributed by atoms with E-state index in [-0.39, 0.29) is 35.9 Å². The van der Waals surface area contributed by atoms with Crippen molar-refractivity contribution < 1.29 is 77.8 Å². The van der Waals surface area contributed by atoms with Gasteiger partial charge in [-0.1, -0.05) is 44.2 Å². The van der Waals surface area contributed by atoms with Crippen molar-refractivity contribution in [2.24, 2.45) is 11.7 Å². The number of hydrogen-bond acceptors (Lipinski definition) is 18. The lowest BCUT2D eigenvalue weighted by molar-refractivity contribution is -0.515. The number of amides is 1. The summed E-state index contributed by atoms with van der Waals surface area (Å²) in [7, 11) is -4.30. The predicted octanol–water partition coefficient (Wildman–Crippen LogP) is -4.16. The van der Waals surface area contributed by atoms with Crippen LogP contribution < -0.4 is 16.8 Å². The van der Waals surface area contributed by atoms with Crippen LogP contribution in [0.2, 0.25) is 0 Å². The Hall–Kier alpha value is -3.55. The highest BCUT2D eigenvalue weighted by molar-refractivity contribution is 7.89. The normalized spacial score (nSPS) is 28.1. The molecule has 2 heterocycles. The van der Waals surface area contributed by atoms with Crippen LogP contribution >= 0.6 is 0 Å². The highest BCUT2D eigenvalue weighted by Gasteiger charge is 2.97. The van der Waals surface area contributed by atoms with Crippen molar-refractivity contribution >= 4 is 28.3 Å². The Balaban J connectivity index is 1.72. The molecule has 0 aromatic heterocycles. The molecule has 4 rings (SSSR count). The summed E-state index contributed by atoms with van der Waals surface area (Å²) < 4.78 is 47.0. The molecule has 272 valence electrons. The molecule has 0 radical (unpaired) electrons. The zero-order chi connectivity index (χ0) is 36.8. The van der Waals surface area contributed by atoms with Gasteiger partial charge in [0.2, 0.25) is 10.0 Å². The quantitative estimate of drug-likeness (QED) is 0.0532. The molecule has 2 saturated heterocycles. The average molecular weight is 719 g/mol. The average Bonchev–Trinajstić information content (AvgIpc) is 3.17. The third-order valence-electron chi connectivity index (χ3n) is 7.97. The van der Waals surface area contributed by atoms with Crippen molar-refractivity contribution in [3.05, 3.63) is 60.2 Å². The summed E-state index contributed by atoms with van der Waals surface area (Å²) in [5, 5.41) is 85.8. The smallest absolute Gasteiger partial charge is 0.410 e. The number of fused-ring (bicyclic) bond motifs is 1. The molecule has 1 amide bonds. The SMILES string of the molecule is CC(C)CN(CC(OC=O)C(Cc1ccccc1)NC(=O)OC1(O)C(O)(O)OC2(N)OC(O)(O)C(O)(O)C21O)S(=O)(=O)c1ccc(N)cc1. The molecule has 2 fully saturated rings. The van der Waals surface area contributed by atoms with Crippen LogP contribution in [0.4, 0.5) is 10.5 Å². The van der Waals surface area contributed by atoms with Gasteiger partial charge >= 0.3 is 23.8 Å². The first-order valence-electron chi connectivity index (χ1n) is 14.4. The molecule has 2 aliphatic rings. The van der Waals surface area contributed by atoms with E-state index < -0.39 is 69.8 Å². The van der Waals surface area contributed by atoms with Gasteiger partial charge in [0.15, 0.2) is 0 Å². The van der Waals surface area contributed by atoms with Crippen molar-refractivity contribution in [2.75, 3.05) is 18.8 Å². The molecule has 2 aromatic carbocycles. The van der Waals surface area contributed by atoms with E-state index in [1.54, 1.807) is 44.2 Å². The Kier molecular flexibility index (Phi) is 10.1. The Morgan fingerprint density at radius 3 is 2.06 bits per heavy atom. The number of rotatable bonds is 13. The number of alkyl carbamates (subject to hydrolysis) is 1. The monoisotopic (exact) mass is 718 g/mol. The number of nitrogens with two attached hydrogens (primary N) is 2. The number of nitrogens with zero attached hydrogens (tertiary/aromatic N) is 1. The number of nitrogens with one attached hydrogen (secondary N) is 1. The van der Waals surface area contributed by atoms with Crippen LogP contribution in [0.15, 0.2) is 59.5 Å². The Morgan fingerprint density at radius 2 is 1.51 bits per heavy atom. The zero-order valence-electron chi connectivity index (χ0n) is 26.0. The van der Waals surface area contributed by atoms with Crippen LogP contribution in [0, 0.1) is 5.92 Å². The van der Waals surface area contributed by atoms with Crippen LogP contribution in [0.1, 0.15) is 19.4 Å². The Bertz CT molecular complexity index is 1630. The highest BCUT2D eigenvalue weighted by atomic mass is 32.2. The predicted molar refractivity (Wildman–Crippen MR) is 159 cm³/mol. The summed E-state index contributed by atoms with van der Waals surface area (Å²) in [6.07, 6.45) is -3.74. The fraction of sp³-hybridized carbons (Fsp3) is 0.500. The molecule has 0 aliphatic carbocycles. The number of carbonyl (C=O) groups excluding carboxylic acids is 2. The Morgan fingerprint density at radius 1 is 0.939 bits per heavy atom. The lowest BCUT2D eigenvalue weighted by Gasteiger charge is -2.43. The van der Waals surface area contributed by atoms with Crippen molar-refractivity contribution in [3.63, 3.8) is 0 Å². The first-order chi connectivity index (χ1) is 22.5. The Labute approximate surface area is 278 Å². The molecule has 0 bridgehead atoms. The molecule has 2 aliphatic heterocycles. The third-order valence-corrected chi connectivity index (χ3v) is 9.82. The van der Waals surface area contributed by atoms with Gasteiger partial charge in [0.05, 0.1) is 17.5 Å². The van der Waals surface area contributed by atoms with Gasteiger partial charge in [0.25, 0.3) is 23.8 Å². The summed E-state index contributed by atoms with van der Waals surface area (Å²) in [4.78, 5) is 25.0. The van der Waals surface area contributed by atoms with Gasteiger partial charge in [-0.25, -0.2) is 13.2 Å². The van der Waals surface area contributed by atoms with E-state index in [2.05, 4.69) is 19.5 Å². The number of benzene rings is 2. The topological polar surface area (TPSA) is 334 Å². The fourth-order valence-corrected chi connectivity index (χ4v) is 7.14. The second kappa shape index (κ2) is 13.0. The minimum Gasteiger partial charge on any atom is -0.461 e. The van der Waals surface area contributed by atoms with Crippen molar-refractivity contribution in [1.29, 1.82) is 0 Å². The standard InChI is InChI=1S/C28H38N4O16S/c1-16(2)13-32(49(43,44)19-10-8-18(29)9-11-19)14-21(45-15-33)20(12-17-6-4-3-5-7-17)31-22(34)46-25(38)23(35)24(36,37)27(39,40)47-26(23,30)48-28(25,41)42/h3-11,15-16,20-21,35-42H,12-14,29-30H2,1-2H3,(H,31,34). The number of anilines is 1. The summed E-state index contributed by atoms with van der Waals surface area (Å²) in [5.41, 5.74) is 7.58. The van der Waals surface area contributed by atoms with E-state index in [0.717, 1.165) is 4.31 Å². The van der Waals surface area contributed by atoms with Crippen molar-refractivity contribution in [1.82, 2.24) is 9.62 Å². The number of carbonyl (C=O) groups is 2. The number of nitrogen functional groups attached to an aromatic ring is 1. The molecule has 0 saturated carbocycles. The molecule has 0 spiro atoms. The van der Waals surface area contributed by atoms with Crippen LogP contribution in [0.3, 0.4) is 0 Å². The summed E-state index contributed by atoms with van der Waals surface area (Å²) >= 11 is 0. The summed E-state index contributed by atoms with van der Waals surface area (Å²) in [6, 6.07) is 11.8. The van der Waals surface area contributed by atoms with Crippen LogP contribution in [-0.4, -0.2) is 126 Å². The van der Waals surface area contributed by atoms with Crippen molar-refractivity contribution in [3.8, 4) is 0 Å². The second-order valence-electron chi connectivity index (χ2n) is 12.0. The van der Waals surface area contributed by atoms with Gasteiger partial charge in [-0.2, -0.15) is 4.31 Å². The minimum absolute atomic E-state index is 0.0286. The van der Waals surface area contributed by atoms with Gasteiger partial charge in [-0.15, -0.1) is 0 Å². The number of sulfonamides is 1. The van der Waals surface area contributed by atoms with Crippen LogP contribution in [0.5, 0.6) is 0 Å². The molecular formula is C28H38N4O16S. The minimum atomic E-state index is -4.56. The molecular weight excluding hydrogens is 680 g/mol. The van der Waals surface area contributed by atoms with E-state index in [1.165, 1.54) is 24.3 Å². The number of ether oxygens (including phenoxy) is 4.